The van der Waals surface area contributed by atoms with Gasteiger partial charge in [0.05, 0.1) is 18.8 Å². The first kappa shape index (κ1) is 6.84. The first-order valence-electron chi connectivity index (χ1n) is 3.49. The summed E-state index contributed by atoms with van der Waals surface area (Å²) in [6.07, 6.45) is 0.904. The first-order valence-corrected chi connectivity index (χ1v) is 4.37. The molecule has 1 aromatic heterocycles. The molecule has 1 aromatic rings. The van der Waals surface area contributed by atoms with E-state index < -0.39 is 0 Å². The van der Waals surface area contributed by atoms with Gasteiger partial charge in [0.1, 0.15) is 6.07 Å². The number of fused-ring (bicyclic) bond motifs is 1. The topological polar surface area (TPSA) is 33.0 Å². The van der Waals surface area contributed by atoms with Crippen molar-refractivity contribution in [2.45, 2.75) is 13.0 Å². The summed E-state index contributed by atoms with van der Waals surface area (Å²) in [5.74, 6) is 0. The molecule has 0 saturated heterocycles. The zero-order valence-corrected chi connectivity index (χ0v) is 6.78. The van der Waals surface area contributed by atoms with Crippen molar-refractivity contribution in [3.63, 3.8) is 0 Å². The van der Waals surface area contributed by atoms with E-state index >= 15 is 0 Å². The van der Waals surface area contributed by atoms with Crippen LogP contribution in [-0.4, -0.2) is 6.61 Å². The Morgan fingerprint density at radius 2 is 2.55 bits per heavy atom. The summed E-state index contributed by atoms with van der Waals surface area (Å²) < 4.78 is 5.25. The number of hydrogen-bond donors (Lipinski definition) is 0. The maximum Gasteiger partial charge on any atom is 0.100 e. The van der Waals surface area contributed by atoms with Crippen LogP contribution in [0.2, 0.25) is 0 Å². The smallest absolute Gasteiger partial charge is 0.100 e. The quantitative estimate of drug-likeness (QED) is 0.586. The first-order chi connectivity index (χ1) is 5.42. The number of thiophene rings is 1. The molecule has 0 unspecified atom stereocenters. The molecule has 0 N–H and O–H groups in total. The molecule has 0 amide bonds. The van der Waals surface area contributed by atoms with Crippen molar-refractivity contribution < 1.29 is 4.74 Å². The van der Waals surface area contributed by atoms with Gasteiger partial charge in [0, 0.05) is 10.3 Å². The van der Waals surface area contributed by atoms with Gasteiger partial charge in [-0.05, 0) is 12.0 Å². The van der Waals surface area contributed by atoms with Gasteiger partial charge in [0.15, 0.2) is 0 Å². The summed E-state index contributed by atoms with van der Waals surface area (Å²) in [5, 5.41) is 10.6. The molecule has 0 atom stereocenters. The highest BCUT2D eigenvalue weighted by molar-refractivity contribution is 7.10. The van der Waals surface area contributed by atoms with Crippen LogP contribution in [0, 0.1) is 11.3 Å². The molecule has 11 heavy (non-hydrogen) atoms. The van der Waals surface area contributed by atoms with Gasteiger partial charge in [-0.3, -0.25) is 0 Å². The lowest BCUT2D eigenvalue weighted by Crippen LogP contribution is -2.07. The summed E-state index contributed by atoms with van der Waals surface area (Å²) in [6.45, 7) is 1.46. The van der Waals surface area contributed by atoms with Gasteiger partial charge in [-0.2, -0.15) is 5.26 Å². The predicted molar refractivity (Wildman–Crippen MR) is 42.4 cm³/mol. The number of rotatable bonds is 0. The summed E-state index contributed by atoms with van der Waals surface area (Å²) >= 11 is 1.63. The van der Waals surface area contributed by atoms with E-state index in [1.807, 2.05) is 5.38 Å². The molecular weight excluding hydrogens is 158 g/mol. The normalized spacial score (nSPS) is 15.5. The van der Waals surface area contributed by atoms with Gasteiger partial charge >= 0.3 is 0 Å². The Bertz CT molecular complexity index is 310. The molecule has 0 bridgehead atoms. The third kappa shape index (κ3) is 1.05. The van der Waals surface area contributed by atoms with Crippen LogP contribution in [0.1, 0.15) is 16.0 Å². The molecule has 0 radical (unpaired) electrons. The van der Waals surface area contributed by atoms with Crippen molar-refractivity contribution in [3.05, 3.63) is 21.4 Å². The second-order valence-electron chi connectivity index (χ2n) is 2.47. The van der Waals surface area contributed by atoms with Crippen LogP contribution >= 0.6 is 11.3 Å². The fourth-order valence-corrected chi connectivity index (χ4v) is 2.21. The molecule has 3 heteroatoms. The fourth-order valence-electron chi connectivity index (χ4n) is 1.25. The molecule has 0 spiro atoms. The fraction of sp³-hybridized carbons (Fsp3) is 0.375. The van der Waals surface area contributed by atoms with Gasteiger partial charge < -0.3 is 4.74 Å². The maximum absolute atomic E-state index is 8.70. The molecule has 2 rings (SSSR count). The summed E-state index contributed by atoms with van der Waals surface area (Å²) in [5.41, 5.74) is 2.05. The van der Waals surface area contributed by atoms with E-state index in [1.54, 1.807) is 11.3 Å². The van der Waals surface area contributed by atoms with Crippen molar-refractivity contribution in [2.24, 2.45) is 0 Å². The van der Waals surface area contributed by atoms with Crippen LogP contribution in [0.15, 0.2) is 5.38 Å². The predicted octanol–water partition coefficient (Wildman–Crippen LogP) is 1.69. The van der Waals surface area contributed by atoms with Crippen molar-refractivity contribution in [3.8, 4) is 6.07 Å². The largest absolute Gasteiger partial charge is 0.376 e. The van der Waals surface area contributed by atoms with E-state index in [0.29, 0.717) is 6.61 Å². The molecule has 2 nitrogen and oxygen atoms in total. The second kappa shape index (κ2) is 2.65. The standard InChI is InChI=1S/C8H7NOS/c9-3-6-5-11-8-4-10-2-1-7(6)8/h5H,1-2,4H2. The Kier molecular flexibility index (Phi) is 1.65. The number of hydrogen-bond acceptors (Lipinski definition) is 3. The lowest BCUT2D eigenvalue weighted by Gasteiger charge is -2.11. The van der Waals surface area contributed by atoms with Gasteiger partial charge in [0.2, 0.25) is 0 Å². The van der Waals surface area contributed by atoms with Crippen LogP contribution in [0.25, 0.3) is 0 Å². The second-order valence-corrected chi connectivity index (χ2v) is 3.43. The Balaban J connectivity index is 2.48. The summed E-state index contributed by atoms with van der Waals surface area (Å²) in [6, 6.07) is 2.19. The van der Waals surface area contributed by atoms with Crippen molar-refractivity contribution in [2.75, 3.05) is 6.61 Å². The lowest BCUT2D eigenvalue weighted by atomic mass is 10.1. The summed E-state index contributed by atoms with van der Waals surface area (Å²) in [7, 11) is 0. The van der Waals surface area contributed by atoms with Crippen LogP contribution in [-0.2, 0) is 17.8 Å². The third-order valence-corrected chi connectivity index (χ3v) is 2.83. The third-order valence-electron chi connectivity index (χ3n) is 1.83. The van der Waals surface area contributed by atoms with Crippen LogP contribution in [0.3, 0.4) is 0 Å². The van der Waals surface area contributed by atoms with Gasteiger partial charge in [-0.1, -0.05) is 0 Å². The molecule has 1 aliphatic rings. The SMILES string of the molecule is N#Cc1csc2c1CCOC2. The average molecular weight is 165 g/mol. The number of nitriles is 1. The Labute approximate surface area is 69.0 Å². The van der Waals surface area contributed by atoms with Crippen LogP contribution in [0.4, 0.5) is 0 Å². The highest BCUT2D eigenvalue weighted by atomic mass is 32.1. The minimum absolute atomic E-state index is 0.696. The van der Waals surface area contributed by atoms with Gasteiger partial charge in [0.25, 0.3) is 0 Å². The highest BCUT2D eigenvalue weighted by Gasteiger charge is 2.14. The summed E-state index contributed by atoms with van der Waals surface area (Å²) in [4.78, 5) is 1.23. The number of nitrogens with zero attached hydrogens (tertiary/aromatic N) is 1. The van der Waals surface area contributed by atoms with Crippen molar-refractivity contribution in [1.82, 2.24) is 0 Å². The minimum atomic E-state index is 0.696. The van der Waals surface area contributed by atoms with Gasteiger partial charge in [-0.25, -0.2) is 0 Å². The maximum atomic E-state index is 8.70. The van der Waals surface area contributed by atoms with Crippen molar-refractivity contribution in [1.29, 1.82) is 5.26 Å². The highest BCUT2D eigenvalue weighted by Crippen LogP contribution is 2.26. The Morgan fingerprint density at radius 3 is 3.36 bits per heavy atom. The van der Waals surface area contributed by atoms with Gasteiger partial charge in [-0.15, -0.1) is 11.3 Å². The lowest BCUT2D eigenvalue weighted by molar-refractivity contribution is 0.113. The van der Waals surface area contributed by atoms with E-state index in [-0.39, 0.29) is 0 Å². The molecule has 0 fully saturated rings. The Morgan fingerprint density at radius 1 is 1.64 bits per heavy atom. The van der Waals surface area contributed by atoms with E-state index in [1.165, 1.54) is 10.4 Å². The Hall–Kier alpha value is -0.850. The number of ether oxygens (including phenoxy) is 1. The van der Waals surface area contributed by atoms with Crippen LogP contribution < -0.4 is 0 Å². The monoisotopic (exact) mass is 165 g/mol. The van der Waals surface area contributed by atoms with Crippen LogP contribution in [0.5, 0.6) is 0 Å². The molecule has 0 aliphatic carbocycles. The van der Waals surface area contributed by atoms with E-state index in [9.17, 15) is 0 Å². The molecule has 0 aromatic carbocycles. The van der Waals surface area contributed by atoms with E-state index in [0.717, 1.165) is 18.6 Å². The molecule has 1 aliphatic heterocycles. The van der Waals surface area contributed by atoms with E-state index in [4.69, 9.17) is 10.00 Å². The zero-order chi connectivity index (χ0) is 7.68. The molecule has 56 valence electrons. The zero-order valence-electron chi connectivity index (χ0n) is 5.96. The molecule has 2 heterocycles. The van der Waals surface area contributed by atoms with E-state index in [2.05, 4.69) is 6.07 Å². The molecule has 0 saturated carbocycles. The average Bonchev–Trinajstić information content (AvgIpc) is 2.47. The minimum Gasteiger partial charge on any atom is -0.376 e. The van der Waals surface area contributed by atoms with Crippen molar-refractivity contribution >= 4 is 11.3 Å². The molecular formula is C8H7NOS.